The molecule has 0 bridgehead atoms. The standard InChI is InChI=1S/C12H16N6O/c1-16-4-6-17(7-5-16)12-14-8-9-10(15-12)2-3-18(13)11(9)19/h2-3,8H,4-7,13H2,1H3. The summed E-state index contributed by atoms with van der Waals surface area (Å²) in [6.45, 7) is 3.78. The van der Waals surface area contributed by atoms with Gasteiger partial charge < -0.3 is 15.6 Å². The van der Waals surface area contributed by atoms with Gasteiger partial charge in [0.2, 0.25) is 5.95 Å². The second-order valence-electron chi connectivity index (χ2n) is 4.79. The summed E-state index contributed by atoms with van der Waals surface area (Å²) in [5.41, 5.74) is 0.359. The van der Waals surface area contributed by atoms with Crippen LogP contribution in [-0.2, 0) is 0 Å². The number of piperazine rings is 1. The molecule has 1 fully saturated rings. The van der Waals surface area contributed by atoms with Crippen LogP contribution in [0.5, 0.6) is 0 Å². The molecule has 7 nitrogen and oxygen atoms in total. The van der Waals surface area contributed by atoms with Crippen molar-refractivity contribution in [3.8, 4) is 0 Å². The quantitative estimate of drug-likeness (QED) is 0.680. The van der Waals surface area contributed by atoms with Crippen molar-refractivity contribution in [1.82, 2.24) is 19.5 Å². The van der Waals surface area contributed by atoms with Crippen molar-refractivity contribution >= 4 is 16.9 Å². The molecular weight excluding hydrogens is 244 g/mol. The maximum Gasteiger partial charge on any atom is 0.279 e. The van der Waals surface area contributed by atoms with Crippen LogP contribution in [0.15, 0.2) is 23.3 Å². The molecule has 2 aromatic heterocycles. The third kappa shape index (κ3) is 2.12. The van der Waals surface area contributed by atoms with Gasteiger partial charge in [-0.3, -0.25) is 4.79 Å². The van der Waals surface area contributed by atoms with Gasteiger partial charge in [-0.1, -0.05) is 0 Å². The number of fused-ring (bicyclic) bond motifs is 1. The number of nitrogens with two attached hydrogens (primary N) is 1. The van der Waals surface area contributed by atoms with Gasteiger partial charge in [0.25, 0.3) is 5.56 Å². The van der Waals surface area contributed by atoms with E-state index >= 15 is 0 Å². The lowest BCUT2D eigenvalue weighted by atomic mass is 10.3. The molecule has 2 aromatic rings. The van der Waals surface area contributed by atoms with Gasteiger partial charge in [-0.15, -0.1) is 0 Å². The van der Waals surface area contributed by atoms with Crippen molar-refractivity contribution in [3.05, 3.63) is 28.8 Å². The molecule has 0 amide bonds. The first-order chi connectivity index (χ1) is 9.15. The van der Waals surface area contributed by atoms with Crippen molar-refractivity contribution in [3.63, 3.8) is 0 Å². The molecule has 3 heterocycles. The van der Waals surface area contributed by atoms with Gasteiger partial charge in [-0.2, -0.15) is 0 Å². The van der Waals surface area contributed by atoms with E-state index in [1.807, 2.05) is 0 Å². The van der Waals surface area contributed by atoms with E-state index in [0.29, 0.717) is 16.9 Å². The second kappa shape index (κ2) is 4.51. The summed E-state index contributed by atoms with van der Waals surface area (Å²) in [7, 11) is 2.10. The van der Waals surface area contributed by atoms with Crippen LogP contribution in [0, 0.1) is 0 Å². The molecule has 1 saturated heterocycles. The van der Waals surface area contributed by atoms with E-state index < -0.39 is 0 Å². The molecule has 0 radical (unpaired) electrons. The largest absolute Gasteiger partial charge is 0.338 e. The molecule has 0 aromatic carbocycles. The summed E-state index contributed by atoms with van der Waals surface area (Å²) in [4.78, 5) is 24.9. The first kappa shape index (κ1) is 11.9. The van der Waals surface area contributed by atoms with E-state index in [1.165, 1.54) is 6.20 Å². The highest BCUT2D eigenvalue weighted by Gasteiger charge is 2.17. The number of aromatic nitrogens is 3. The summed E-state index contributed by atoms with van der Waals surface area (Å²) >= 11 is 0. The fourth-order valence-corrected chi connectivity index (χ4v) is 2.19. The van der Waals surface area contributed by atoms with Crippen LogP contribution in [0.2, 0.25) is 0 Å². The maximum absolute atomic E-state index is 11.8. The summed E-state index contributed by atoms with van der Waals surface area (Å²) in [6, 6.07) is 1.73. The second-order valence-corrected chi connectivity index (χ2v) is 4.79. The van der Waals surface area contributed by atoms with Crippen LogP contribution in [0.3, 0.4) is 0 Å². The van der Waals surface area contributed by atoms with Gasteiger partial charge in [-0.25, -0.2) is 14.6 Å². The highest BCUT2D eigenvalue weighted by Crippen LogP contribution is 2.13. The van der Waals surface area contributed by atoms with Crippen LogP contribution in [0.1, 0.15) is 0 Å². The molecule has 100 valence electrons. The van der Waals surface area contributed by atoms with Crippen molar-refractivity contribution in [1.29, 1.82) is 0 Å². The molecule has 19 heavy (non-hydrogen) atoms. The maximum atomic E-state index is 11.8. The van der Waals surface area contributed by atoms with E-state index in [1.54, 1.807) is 12.3 Å². The molecule has 1 aliphatic heterocycles. The van der Waals surface area contributed by atoms with Gasteiger partial charge >= 0.3 is 0 Å². The average Bonchev–Trinajstić information content (AvgIpc) is 2.43. The third-order valence-electron chi connectivity index (χ3n) is 3.45. The summed E-state index contributed by atoms with van der Waals surface area (Å²) in [6.07, 6.45) is 3.08. The number of hydrogen-bond donors (Lipinski definition) is 1. The van der Waals surface area contributed by atoms with E-state index in [9.17, 15) is 4.79 Å². The molecule has 0 spiro atoms. The monoisotopic (exact) mass is 260 g/mol. The lowest BCUT2D eigenvalue weighted by molar-refractivity contribution is 0.311. The third-order valence-corrected chi connectivity index (χ3v) is 3.45. The Labute approximate surface area is 110 Å². The topological polar surface area (TPSA) is 80.3 Å². The number of hydrogen-bond acceptors (Lipinski definition) is 6. The molecular formula is C12H16N6O. The highest BCUT2D eigenvalue weighted by atomic mass is 16.1. The van der Waals surface area contributed by atoms with E-state index in [2.05, 4.69) is 26.8 Å². The van der Waals surface area contributed by atoms with Crippen LogP contribution in [0.4, 0.5) is 5.95 Å². The van der Waals surface area contributed by atoms with Gasteiger partial charge in [0.15, 0.2) is 0 Å². The minimum absolute atomic E-state index is 0.276. The Balaban J connectivity index is 1.98. The Hall–Kier alpha value is -2.15. The van der Waals surface area contributed by atoms with Crippen molar-refractivity contribution in [2.45, 2.75) is 0 Å². The minimum Gasteiger partial charge on any atom is -0.338 e. The van der Waals surface area contributed by atoms with Crippen molar-refractivity contribution in [2.75, 3.05) is 44.0 Å². The van der Waals surface area contributed by atoms with Gasteiger partial charge in [0, 0.05) is 38.6 Å². The van der Waals surface area contributed by atoms with E-state index in [4.69, 9.17) is 5.84 Å². The van der Waals surface area contributed by atoms with Crippen LogP contribution in [0.25, 0.3) is 10.9 Å². The Bertz CT molecular complexity index is 659. The highest BCUT2D eigenvalue weighted by molar-refractivity contribution is 5.77. The fourth-order valence-electron chi connectivity index (χ4n) is 2.19. The molecule has 7 heteroatoms. The van der Waals surface area contributed by atoms with Crippen LogP contribution < -0.4 is 16.3 Å². The van der Waals surface area contributed by atoms with E-state index in [0.717, 1.165) is 30.9 Å². The molecule has 0 aliphatic carbocycles. The average molecular weight is 260 g/mol. The first-order valence-electron chi connectivity index (χ1n) is 6.22. The predicted molar refractivity (Wildman–Crippen MR) is 73.7 cm³/mol. The van der Waals surface area contributed by atoms with Gasteiger partial charge in [0.1, 0.15) is 0 Å². The summed E-state index contributed by atoms with van der Waals surface area (Å²) < 4.78 is 1.04. The smallest absolute Gasteiger partial charge is 0.279 e. The van der Waals surface area contributed by atoms with Crippen LogP contribution in [-0.4, -0.2) is 52.8 Å². The lowest BCUT2D eigenvalue weighted by Crippen LogP contribution is -2.45. The van der Waals surface area contributed by atoms with Crippen molar-refractivity contribution in [2.24, 2.45) is 0 Å². The SMILES string of the molecule is CN1CCN(c2ncc3c(=O)n(N)ccc3n2)CC1. The normalized spacial score (nSPS) is 17.0. The Morgan fingerprint density at radius 1 is 1.26 bits per heavy atom. The number of nitrogen functional groups attached to an aromatic ring is 1. The minimum atomic E-state index is -0.276. The molecule has 2 N–H and O–H groups in total. The number of pyridine rings is 1. The summed E-state index contributed by atoms with van der Waals surface area (Å²) in [5, 5.41) is 0.447. The Morgan fingerprint density at radius 2 is 2.00 bits per heavy atom. The molecule has 1 aliphatic rings. The fraction of sp³-hybridized carbons (Fsp3) is 0.417. The number of nitrogens with zero attached hydrogens (tertiary/aromatic N) is 5. The predicted octanol–water partition coefficient (Wildman–Crippen LogP) is -0.743. The van der Waals surface area contributed by atoms with Gasteiger partial charge in [-0.05, 0) is 13.1 Å². The Morgan fingerprint density at radius 3 is 2.74 bits per heavy atom. The van der Waals surface area contributed by atoms with Crippen molar-refractivity contribution < 1.29 is 0 Å². The van der Waals surface area contributed by atoms with Gasteiger partial charge in [0.05, 0.1) is 10.9 Å². The molecule has 0 atom stereocenters. The Kier molecular flexibility index (Phi) is 2.83. The molecule has 0 unspecified atom stereocenters. The molecule has 0 saturated carbocycles. The lowest BCUT2D eigenvalue weighted by Gasteiger charge is -2.32. The number of rotatable bonds is 1. The number of anilines is 1. The first-order valence-corrected chi connectivity index (χ1v) is 6.22. The van der Waals surface area contributed by atoms with Crippen LogP contribution >= 0.6 is 0 Å². The number of likely N-dealkylation sites (N-methyl/N-ethyl adjacent to an activating group) is 1. The van der Waals surface area contributed by atoms with E-state index in [-0.39, 0.29) is 5.56 Å². The summed E-state index contributed by atoms with van der Waals surface area (Å²) in [5.74, 6) is 6.19. The zero-order valence-corrected chi connectivity index (χ0v) is 10.8. The zero-order valence-electron chi connectivity index (χ0n) is 10.8. The molecule has 3 rings (SSSR count). The zero-order chi connectivity index (χ0) is 13.4.